The predicted molar refractivity (Wildman–Crippen MR) is 43.8 cm³/mol. The largest absolute Gasteiger partial charge is 0.464 e. The van der Waals surface area contributed by atoms with Crippen molar-refractivity contribution in [3.05, 3.63) is 33.7 Å². The Kier molecular flexibility index (Phi) is 2.59. The number of hydrogen-bond acceptors (Lipinski definition) is 4. The van der Waals surface area contributed by atoms with Crippen LogP contribution < -0.4 is 5.56 Å². The number of ether oxygens (including phenoxy) is 1. The van der Waals surface area contributed by atoms with E-state index in [0.717, 1.165) is 0 Å². The van der Waals surface area contributed by atoms with Crippen LogP contribution in [0.3, 0.4) is 0 Å². The van der Waals surface area contributed by atoms with Gasteiger partial charge in [-0.3, -0.25) is 9.59 Å². The molecular formula is C8H7NO4. The van der Waals surface area contributed by atoms with E-state index in [1.807, 2.05) is 0 Å². The van der Waals surface area contributed by atoms with Gasteiger partial charge in [0.25, 0.3) is 5.56 Å². The number of pyridine rings is 1. The van der Waals surface area contributed by atoms with Gasteiger partial charge in [-0.05, 0) is 12.1 Å². The Morgan fingerprint density at radius 2 is 2.23 bits per heavy atom. The van der Waals surface area contributed by atoms with Crippen LogP contribution >= 0.6 is 0 Å². The summed E-state index contributed by atoms with van der Waals surface area (Å²) in [7, 11) is 1.20. The van der Waals surface area contributed by atoms with Crippen molar-refractivity contribution in [2.75, 3.05) is 7.11 Å². The molecule has 0 saturated carbocycles. The fraction of sp³-hybridized carbons (Fsp3) is 0.125. The zero-order valence-electron chi connectivity index (χ0n) is 6.87. The van der Waals surface area contributed by atoms with Gasteiger partial charge in [0, 0.05) is 0 Å². The first kappa shape index (κ1) is 9.18. The summed E-state index contributed by atoms with van der Waals surface area (Å²) in [5, 5.41) is 0. The maximum Gasteiger partial charge on any atom is 0.354 e. The molecule has 0 unspecified atom stereocenters. The van der Waals surface area contributed by atoms with Crippen LogP contribution in [0.25, 0.3) is 0 Å². The second-order valence-electron chi connectivity index (χ2n) is 2.27. The molecule has 5 heteroatoms. The zero-order valence-corrected chi connectivity index (χ0v) is 6.87. The molecule has 68 valence electrons. The highest BCUT2D eigenvalue weighted by Gasteiger charge is 2.07. The average Bonchev–Trinajstić information content (AvgIpc) is 2.16. The number of aldehydes is 1. The van der Waals surface area contributed by atoms with E-state index in [-0.39, 0.29) is 11.3 Å². The number of carbonyl (C=O) groups excluding carboxylic acids is 2. The number of methoxy groups -OCH3 is 1. The monoisotopic (exact) mass is 181 g/mol. The second kappa shape index (κ2) is 3.66. The summed E-state index contributed by atoms with van der Waals surface area (Å²) in [6, 6.07) is 2.58. The van der Waals surface area contributed by atoms with E-state index in [9.17, 15) is 14.4 Å². The molecule has 1 heterocycles. The topological polar surface area (TPSA) is 76.2 Å². The summed E-state index contributed by atoms with van der Waals surface area (Å²) in [4.78, 5) is 34.3. The highest BCUT2D eigenvalue weighted by atomic mass is 16.5. The molecule has 0 atom stereocenters. The molecule has 0 aliphatic rings. The molecule has 5 nitrogen and oxygen atoms in total. The molecule has 0 spiro atoms. The van der Waals surface area contributed by atoms with Crippen LogP contribution in [-0.2, 0) is 4.74 Å². The van der Waals surface area contributed by atoms with Gasteiger partial charge in [0.05, 0.1) is 12.7 Å². The van der Waals surface area contributed by atoms with Gasteiger partial charge < -0.3 is 9.72 Å². The lowest BCUT2D eigenvalue weighted by molar-refractivity contribution is 0.0593. The van der Waals surface area contributed by atoms with Gasteiger partial charge in [-0.25, -0.2) is 4.79 Å². The number of hydrogen-bond donors (Lipinski definition) is 1. The van der Waals surface area contributed by atoms with Crippen molar-refractivity contribution in [1.82, 2.24) is 4.98 Å². The molecule has 13 heavy (non-hydrogen) atoms. The SMILES string of the molecule is COC(=O)c1ccc(C=O)c(=O)[nH]1. The minimum Gasteiger partial charge on any atom is -0.464 e. The fourth-order valence-corrected chi connectivity index (χ4v) is 0.807. The summed E-state index contributed by atoms with van der Waals surface area (Å²) in [5.41, 5.74) is -0.594. The number of carbonyl (C=O) groups is 2. The van der Waals surface area contributed by atoms with Crippen LogP contribution in [-0.4, -0.2) is 24.3 Å². The Balaban J connectivity index is 3.17. The molecule has 0 saturated heterocycles. The van der Waals surface area contributed by atoms with Gasteiger partial charge in [-0.2, -0.15) is 0 Å². The molecule has 0 aliphatic heterocycles. The van der Waals surface area contributed by atoms with E-state index in [1.165, 1.54) is 19.2 Å². The van der Waals surface area contributed by atoms with E-state index in [0.29, 0.717) is 6.29 Å². The van der Waals surface area contributed by atoms with E-state index in [1.54, 1.807) is 0 Å². The summed E-state index contributed by atoms with van der Waals surface area (Å²) >= 11 is 0. The van der Waals surface area contributed by atoms with Crippen molar-refractivity contribution >= 4 is 12.3 Å². The Hall–Kier alpha value is -1.91. The molecule has 1 N–H and O–H groups in total. The number of rotatable bonds is 2. The molecule has 0 bridgehead atoms. The maximum atomic E-state index is 11.0. The third kappa shape index (κ3) is 1.81. The molecule has 1 rings (SSSR count). The number of nitrogens with one attached hydrogen (secondary N) is 1. The first-order valence-corrected chi connectivity index (χ1v) is 3.46. The van der Waals surface area contributed by atoms with Crippen molar-refractivity contribution in [3.8, 4) is 0 Å². The molecule has 0 radical (unpaired) electrons. The van der Waals surface area contributed by atoms with Crippen LogP contribution in [0, 0.1) is 0 Å². The molecule has 1 aromatic rings. The Bertz CT molecular complexity index is 393. The van der Waals surface area contributed by atoms with Gasteiger partial charge >= 0.3 is 5.97 Å². The molecule has 0 aromatic carbocycles. The maximum absolute atomic E-state index is 11.0. The molecule has 0 fully saturated rings. The zero-order chi connectivity index (χ0) is 9.84. The van der Waals surface area contributed by atoms with Crippen LogP contribution in [0.4, 0.5) is 0 Å². The highest BCUT2D eigenvalue weighted by molar-refractivity contribution is 5.87. The molecular weight excluding hydrogens is 174 g/mol. The van der Waals surface area contributed by atoms with E-state index in [4.69, 9.17) is 0 Å². The van der Waals surface area contributed by atoms with E-state index < -0.39 is 11.5 Å². The molecule has 0 aliphatic carbocycles. The standard InChI is InChI=1S/C8H7NO4/c1-13-8(12)6-3-2-5(4-10)7(11)9-6/h2-4H,1H3,(H,9,11). The van der Waals surface area contributed by atoms with E-state index in [2.05, 4.69) is 9.72 Å². The van der Waals surface area contributed by atoms with Gasteiger partial charge in [-0.15, -0.1) is 0 Å². The quantitative estimate of drug-likeness (QED) is 0.513. The first-order valence-electron chi connectivity index (χ1n) is 3.46. The third-order valence-electron chi connectivity index (χ3n) is 1.47. The number of esters is 1. The van der Waals surface area contributed by atoms with Gasteiger partial charge in [-0.1, -0.05) is 0 Å². The van der Waals surface area contributed by atoms with Crippen LogP contribution in [0.15, 0.2) is 16.9 Å². The second-order valence-corrected chi connectivity index (χ2v) is 2.27. The normalized spacial score (nSPS) is 9.31. The fourth-order valence-electron chi connectivity index (χ4n) is 0.807. The summed E-state index contributed by atoms with van der Waals surface area (Å²) in [6.45, 7) is 0. The van der Waals surface area contributed by atoms with E-state index >= 15 is 0 Å². The van der Waals surface area contributed by atoms with Crippen LogP contribution in [0.1, 0.15) is 20.8 Å². The summed E-state index contributed by atoms with van der Waals surface area (Å²) in [6.07, 6.45) is 0.417. The molecule has 1 aromatic heterocycles. The van der Waals surface area contributed by atoms with Gasteiger partial charge in [0.15, 0.2) is 6.29 Å². The van der Waals surface area contributed by atoms with Gasteiger partial charge in [0.1, 0.15) is 5.69 Å². The minimum absolute atomic E-state index is 0.0207. The number of aromatic amines is 1. The van der Waals surface area contributed by atoms with Crippen molar-refractivity contribution in [1.29, 1.82) is 0 Å². The lowest BCUT2D eigenvalue weighted by Crippen LogP contribution is -2.17. The number of aromatic nitrogens is 1. The summed E-state index contributed by atoms with van der Waals surface area (Å²) < 4.78 is 4.37. The lowest BCUT2D eigenvalue weighted by Gasteiger charge is -1.97. The number of H-pyrrole nitrogens is 1. The Morgan fingerprint density at radius 3 is 2.69 bits per heavy atom. The minimum atomic E-state index is -0.644. The Labute approximate surface area is 73.3 Å². The van der Waals surface area contributed by atoms with Crippen molar-refractivity contribution in [3.63, 3.8) is 0 Å². The third-order valence-corrected chi connectivity index (χ3v) is 1.47. The molecule has 0 amide bonds. The first-order chi connectivity index (χ1) is 6.19. The average molecular weight is 181 g/mol. The van der Waals surface area contributed by atoms with Crippen molar-refractivity contribution in [2.45, 2.75) is 0 Å². The lowest BCUT2D eigenvalue weighted by atomic mass is 10.2. The van der Waals surface area contributed by atoms with Crippen molar-refractivity contribution in [2.24, 2.45) is 0 Å². The summed E-state index contributed by atoms with van der Waals surface area (Å²) in [5.74, 6) is -0.644. The van der Waals surface area contributed by atoms with Gasteiger partial charge in [0.2, 0.25) is 0 Å². The Morgan fingerprint density at radius 1 is 1.54 bits per heavy atom. The smallest absolute Gasteiger partial charge is 0.354 e. The van der Waals surface area contributed by atoms with Crippen LogP contribution in [0.2, 0.25) is 0 Å². The van der Waals surface area contributed by atoms with Crippen molar-refractivity contribution < 1.29 is 14.3 Å². The van der Waals surface area contributed by atoms with Crippen LogP contribution in [0.5, 0.6) is 0 Å². The predicted octanol–water partition coefficient (Wildman–Crippen LogP) is -0.0260. The highest BCUT2D eigenvalue weighted by Crippen LogP contribution is 1.94.